The van der Waals surface area contributed by atoms with Crippen molar-refractivity contribution in [2.45, 2.75) is 0 Å². The molecule has 8 aromatic rings. The number of aromatic nitrogens is 1. The lowest BCUT2D eigenvalue weighted by Gasteiger charge is -2.32. The topological polar surface area (TPSA) is 85.4 Å². The van der Waals surface area contributed by atoms with E-state index in [4.69, 9.17) is 14.5 Å². The van der Waals surface area contributed by atoms with E-state index in [1.807, 2.05) is 176 Å². The monoisotopic (exact) mass is 719 g/mol. The van der Waals surface area contributed by atoms with Crippen LogP contribution in [0.2, 0.25) is 0 Å². The van der Waals surface area contributed by atoms with E-state index in [9.17, 15) is 10.5 Å². The van der Waals surface area contributed by atoms with E-state index in [0.29, 0.717) is 28.1 Å². The van der Waals surface area contributed by atoms with Gasteiger partial charge in [0.05, 0.1) is 45.3 Å². The van der Waals surface area contributed by atoms with Crippen molar-refractivity contribution in [1.29, 1.82) is 10.5 Å². The number of pyridine rings is 1. The molecule has 2 aliphatic rings. The molecule has 7 heteroatoms. The molecule has 2 aliphatic heterocycles. The van der Waals surface area contributed by atoms with Gasteiger partial charge in [-0.2, -0.15) is 10.5 Å². The Morgan fingerprint density at radius 1 is 0.375 bits per heavy atom. The Hall–Kier alpha value is -8.13. The van der Waals surface area contributed by atoms with Gasteiger partial charge in [-0.3, -0.25) is 0 Å². The van der Waals surface area contributed by atoms with Gasteiger partial charge in [-0.15, -0.1) is 0 Å². The average molecular weight is 720 g/mol. The van der Waals surface area contributed by atoms with Crippen molar-refractivity contribution in [3.63, 3.8) is 0 Å². The van der Waals surface area contributed by atoms with Gasteiger partial charge in [0.2, 0.25) is 0 Å². The lowest BCUT2D eigenvalue weighted by atomic mass is 9.89. The predicted molar refractivity (Wildman–Crippen MR) is 219 cm³/mol. The lowest BCUT2D eigenvalue weighted by Crippen LogP contribution is -2.15. The summed E-state index contributed by atoms with van der Waals surface area (Å²) >= 11 is 0. The van der Waals surface area contributed by atoms with Gasteiger partial charge in [0, 0.05) is 28.1 Å². The van der Waals surface area contributed by atoms with Gasteiger partial charge in [-0.05, 0) is 78.4 Å². The van der Waals surface area contributed by atoms with Crippen LogP contribution in [0.25, 0.3) is 33.6 Å². The summed E-state index contributed by atoms with van der Waals surface area (Å²) in [6.07, 6.45) is 0. The second-order valence-corrected chi connectivity index (χ2v) is 13.4. The number of nitriles is 2. The van der Waals surface area contributed by atoms with Crippen LogP contribution in [-0.4, -0.2) is 4.98 Å². The molecule has 56 heavy (non-hydrogen) atoms. The maximum absolute atomic E-state index is 10.8. The molecule has 0 atom stereocenters. The summed E-state index contributed by atoms with van der Waals surface area (Å²) in [5, 5.41) is 21.6. The van der Waals surface area contributed by atoms with Crippen LogP contribution in [0.4, 0.5) is 34.1 Å². The van der Waals surface area contributed by atoms with Crippen LogP contribution < -0.4 is 19.3 Å². The highest BCUT2D eigenvalue weighted by atomic mass is 16.5. The molecule has 3 heterocycles. The Morgan fingerprint density at radius 3 is 1.07 bits per heavy atom. The van der Waals surface area contributed by atoms with Crippen molar-refractivity contribution in [2.75, 3.05) is 9.80 Å². The molecule has 10 rings (SSSR count). The van der Waals surface area contributed by atoms with E-state index in [-0.39, 0.29) is 0 Å². The average Bonchev–Trinajstić information content (AvgIpc) is 3.27. The van der Waals surface area contributed by atoms with Crippen LogP contribution in [-0.2, 0) is 0 Å². The van der Waals surface area contributed by atoms with Crippen LogP contribution in [0.15, 0.2) is 176 Å². The summed E-state index contributed by atoms with van der Waals surface area (Å²) in [5.74, 6) is 3.06. The Kier molecular flexibility index (Phi) is 7.77. The normalized spacial score (nSPS) is 12.1. The molecule has 0 saturated carbocycles. The number of fused-ring (bicyclic) bond motifs is 4. The van der Waals surface area contributed by atoms with Gasteiger partial charge in [0.25, 0.3) is 0 Å². The molecule has 0 spiro atoms. The molecule has 0 fully saturated rings. The molecule has 0 bridgehead atoms. The quantitative estimate of drug-likeness (QED) is 0.175. The van der Waals surface area contributed by atoms with Gasteiger partial charge in [-0.25, -0.2) is 4.98 Å². The molecule has 0 N–H and O–H groups in total. The van der Waals surface area contributed by atoms with Crippen LogP contribution >= 0.6 is 0 Å². The van der Waals surface area contributed by atoms with Crippen molar-refractivity contribution in [3.05, 3.63) is 187 Å². The summed E-state index contributed by atoms with van der Waals surface area (Å²) in [4.78, 5) is 9.50. The molecule has 0 saturated heterocycles. The highest BCUT2D eigenvalue weighted by Crippen LogP contribution is 2.52. The van der Waals surface area contributed by atoms with E-state index in [0.717, 1.165) is 73.8 Å². The first kappa shape index (κ1) is 32.5. The first-order valence-electron chi connectivity index (χ1n) is 18.2. The van der Waals surface area contributed by atoms with E-state index in [2.05, 4.69) is 21.9 Å². The van der Waals surface area contributed by atoms with Gasteiger partial charge in [0.1, 0.15) is 12.1 Å². The fourth-order valence-electron chi connectivity index (χ4n) is 7.62. The number of para-hydroxylation sites is 8. The van der Waals surface area contributed by atoms with Crippen LogP contribution in [0.1, 0.15) is 11.1 Å². The largest absolute Gasteiger partial charge is 0.453 e. The molecular formula is C49H29N5O2. The molecule has 0 radical (unpaired) electrons. The number of nitrogens with zero attached hydrogens (tertiary/aromatic N) is 5. The third-order valence-corrected chi connectivity index (χ3v) is 10.1. The Balaban J connectivity index is 1.11. The van der Waals surface area contributed by atoms with Crippen LogP contribution in [0.3, 0.4) is 0 Å². The summed E-state index contributed by atoms with van der Waals surface area (Å²) in [7, 11) is 0. The Bertz CT molecular complexity index is 2630. The van der Waals surface area contributed by atoms with Crippen molar-refractivity contribution in [1.82, 2.24) is 4.98 Å². The summed E-state index contributed by atoms with van der Waals surface area (Å²) in [6.45, 7) is 0. The molecule has 262 valence electrons. The highest BCUT2D eigenvalue weighted by molar-refractivity contribution is 5.92. The van der Waals surface area contributed by atoms with Crippen molar-refractivity contribution < 1.29 is 9.47 Å². The Labute approximate surface area is 323 Å². The molecule has 7 nitrogen and oxygen atoms in total. The molecule has 0 unspecified atom stereocenters. The van der Waals surface area contributed by atoms with E-state index >= 15 is 0 Å². The minimum Gasteiger partial charge on any atom is -0.453 e. The number of ether oxygens (including phenoxy) is 2. The number of anilines is 6. The lowest BCUT2D eigenvalue weighted by molar-refractivity contribution is 0.477. The SMILES string of the molecule is N#Cc1c(-c2ccc(N3c4ccccc4Oc4ccccc43)cc2)nc(-c2ccc(N3c4ccccc4Oc4ccccc43)cc2)c(C#N)c1-c1ccccc1. The minimum atomic E-state index is 0.337. The van der Waals surface area contributed by atoms with Crippen molar-refractivity contribution in [2.24, 2.45) is 0 Å². The molecule has 0 aliphatic carbocycles. The highest BCUT2D eigenvalue weighted by Gasteiger charge is 2.28. The molecule has 0 amide bonds. The van der Waals surface area contributed by atoms with Gasteiger partial charge < -0.3 is 19.3 Å². The van der Waals surface area contributed by atoms with Crippen molar-refractivity contribution >= 4 is 34.1 Å². The second kappa shape index (κ2) is 13.4. The zero-order valence-corrected chi connectivity index (χ0v) is 29.8. The van der Waals surface area contributed by atoms with E-state index < -0.39 is 0 Å². The smallest absolute Gasteiger partial charge is 0.151 e. The maximum atomic E-state index is 10.8. The van der Waals surface area contributed by atoms with Crippen LogP contribution in [0.5, 0.6) is 23.0 Å². The minimum absolute atomic E-state index is 0.337. The fourth-order valence-corrected chi connectivity index (χ4v) is 7.62. The van der Waals surface area contributed by atoms with Crippen molar-refractivity contribution in [3.8, 4) is 68.8 Å². The molecular weight excluding hydrogens is 691 g/mol. The number of hydrogen-bond donors (Lipinski definition) is 0. The fraction of sp³-hybridized carbons (Fsp3) is 0. The standard InChI is InChI=1S/C49H29N5O2/c50-30-37-47(32-12-2-1-3-13-32)38(31-51)49(34-24-28-36(29-25-34)54-41-16-6-10-20-45(41)56-46-21-11-7-17-42(46)54)52-48(37)33-22-26-35(27-23-33)53-39-14-4-8-18-43(39)55-44-19-9-5-15-40(44)53/h1-29H. The third kappa shape index (κ3) is 5.31. The first-order valence-corrected chi connectivity index (χ1v) is 18.2. The number of rotatable bonds is 5. The van der Waals surface area contributed by atoms with E-state index in [1.165, 1.54) is 0 Å². The molecule has 1 aromatic heterocycles. The summed E-state index contributed by atoms with van der Waals surface area (Å²) in [5.41, 5.74) is 10.0. The second-order valence-electron chi connectivity index (χ2n) is 13.4. The van der Waals surface area contributed by atoms with Gasteiger partial charge in [-0.1, -0.05) is 103 Å². The Morgan fingerprint density at radius 2 is 0.714 bits per heavy atom. The zero-order valence-electron chi connectivity index (χ0n) is 29.8. The van der Waals surface area contributed by atoms with Gasteiger partial charge >= 0.3 is 0 Å². The van der Waals surface area contributed by atoms with Gasteiger partial charge in [0.15, 0.2) is 23.0 Å². The molecule has 7 aromatic carbocycles. The predicted octanol–water partition coefficient (Wildman–Crippen LogP) is 13.0. The summed E-state index contributed by atoms with van der Waals surface area (Å²) < 4.78 is 12.5. The first-order chi connectivity index (χ1) is 27.7. The number of hydrogen-bond acceptors (Lipinski definition) is 7. The van der Waals surface area contributed by atoms with E-state index in [1.54, 1.807) is 0 Å². The zero-order chi connectivity index (χ0) is 37.6. The van der Waals surface area contributed by atoms with Crippen LogP contribution in [0, 0.1) is 22.7 Å². The third-order valence-electron chi connectivity index (χ3n) is 10.1. The number of benzene rings is 7. The maximum Gasteiger partial charge on any atom is 0.151 e. The summed E-state index contributed by atoms with van der Waals surface area (Å²) in [6, 6.07) is 62.4.